The molecule has 1 N–H and O–H groups in total. The molecule has 0 fully saturated rings. The average Bonchev–Trinajstić information content (AvgIpc) is 2.81. The van der Waals surface area contributed by atoms with Crippen molar-refractivity contribution < 1.29 is 0 Å². The molecule has 0 radical (unpaired) electrons. The highest BCUT2D eigenvalue weighted by atomic mass is 16.1. The number of aromatic nitrogens is 3. The summed E-state index contributed by atoms with van der Waals surface area (Å²) >= 11 is 0. The van der Waals surface area contributed by atoms with E-state index in [9.17, 15) is 4.79 Å². The molecule has 0 aliphatic carbocycles. The topological polar surface area (TPSA) is 50.7 Å². The molecule has 0 amide bonds. The van der Waals surface area contributed by atoms with Gasteiger partial charge in [0.05, 0.1) is 11.7 Å². The van der Waals surface area contributed by atoms with Crippen LogP contribution in [0.5, 0.6) is 0 Å². The van der Waals surface area contributed by atoms with Crippen LogP contribution in [0.1, 0.15) is 11.3 Å². The summed E-state index contributed by atoms with van der Waals surface area (Å²) in [5, 5.41) is 0.660. The van der Waals surface area contributed by atoms with Crippen molar-refractivity contribution in [3.05, 3.63) is 64.3 Å². The van der Waals surface area contributed by atoms with E-state index in [2.05, 4.69) is 22.1 Å². The molecule has 2 aromatic heterocycles. The molecule has 19 heavy (non-hydrogen) atoms. The van der Waals surface area contributed by atoms with Gasteiger partial charge < -0.3 is 4.98 Å². The molecule has 0 bridgehead atoms. The van der Waals surface area contributed by atoms with Crippen LogP contribution in [0, 0.1) is 6.92 Å². The van der Waals surface area contributed by atoms with E-state index in [4.69, 9.17) is 0 Å². The highest BCUT2D eigenvalue weighted by molar-refractivity contribution is 5.74. The van der Waals surface area contributed by atoms with Gasteiger partial charge in [0.2, 0.25) is 0 Å². The van der Waals surface area contributed by atoms with Crippen LogP contribution in [0.15, 0.2) is 47.5 Å². The van der Waals surface area contributed by atoms with Gasteiger partial charge in [0.25, 0.3) is 5.56 Å². The van der Waals surface area contributed by atoms with Crippen LogP contribution in [-0.2, 0) is 13.0 Å². The van der Waals surface area contributed by atoms with Crippen molar-refractivity contribution in [3.63, 3.8) is 0 Å². The monoisotopic (exact) mass is 253 g/mol. The lowest BCUT2D eigenvalue weighted by atomic mass is 10.1. The van der Waals surface area contributed by atoms with Gasteiger partial charge in [-0.15, -0.1) is 0 Å². The fourth-order valence-corrected chi connectivity index (χ4v) is 2.23. The molecule has 0 aliphatic rings. The van der Waals surface area contributed by atoms with E-state index in [1.807, 2.05) is 31.2 Å². The highest BCUT2D eigenvalue weighted by Gasteiger charge is 2.06. The Morgan fingerprint density at radius 2 is 2.05 bits per heavy atom. The molecule has 3 aromatic rings. The van der Waals surface area contributed by atoms with Gasteiger partial charge >= 0.3 is 0 Å². The summed E-state index contributed by atoms with van der Waals surface area (Å²) < 4.78 is 1.67. The van der Waals surface area contributed by atoms with Crippen LogP contribution < -0.4 is 5.56 Å². The molecule has 2 heterocycles. The predicted octanol–water partition coefficient (Wildman–Crippen LogP) is 2.28. The second-order valence-electron chi connectivity index (χ2n) is 4.69. The zero-order valence-corrected chi connectivity index (χ0v) is 10.8. The Bertz CT molecular complexity index is 756. The fraction of sp³-hybridized carbons (Fsp3) is 0.200. The van der Waals surface area contributed by atoms with Gasteiger partial charge in [0.1, 0.15) is 5.65 Å². The second-order valence-corrected chi connectivity index (χ2v) is 4.69. The second kappa shape index (κ2) is 4.72. The molecule has 0 spiro atoms. The van der Waals surface area contributed by atoms with E-state index in [-0.39, 0.29) is 5.56 Å². The van der Waals surface area contributed by atoms with Crippen molar-refractivity contribution in [1.29, 1.82) is 0 Å². The van der Waals surface area contributed by atoms with Crippen molar-refractivity contribution in [2.24, 2.45) is 0 Å². The van der Waals surface area contributed by atoms with Gasteiger partial charge in [-0.25, -0.2) is 4.98 Å². The molecule has 0 atom stereocenters. The van der Waals surface area contributed by atoms with E-state index >= 15 is 0 Å². The van der Waals surface area contributed by atoms with Gasteiger partial charge in [-0.2, -0.15) is 0 Å². The number of nitrogens with one attached hydrogen (secondary N) is 1. The molecular weight excluding hydrogens is 238 g/mol. The van der Waals surface area contributed by atoms with E-state index in [1.54, 1.807) is 10.9 Å². The summed E-state index contributed by atoms with van der Waals surface area (Å²) in [4.78, 5) is 19.6. The fourth-order valence-electron chi connectivity index (χ4n) is 2.23. The summed E-state index contributed by atoms with van der Waals surface area (Å²) in [6.45, 7) is 2.57. The number of rotatable bonds is 3. The molecule has 4 heteroatoms. The Hall–Kier alpha value is -2.36. The number of hydrogen-bond acceptors (Lipinski definition) is 2. The number of aromatic amines is 1. The lowest BCUT2D eigenvalue weighted by Gasteiger charge is -2.05. The van der Waals surface area contributed by atoms with Crippen molar-refractivity contribution >= 4 is 11.0 Å². The summed E-state index contributed by atoms with van der Waals surface area (Å²) in [6, 6.07) is 12.0. The molecule has 0 saturated heterocycles. The molecular formula is C15H15N3O. The van der Waals surface area contributed by atoms with Gasteiger partial charge in [-0.05, 0) is 25.0 Å². The smallest absolute Gasteiger partial charge is 0.262 e. The Morgan fingerprint density at radius 1 is 1.26 bits per heavy atom. The Morgan fingerprint density at radius 3 is 2.84 bits per heavy atom. The number of H-pyrrole nitrogens is 1. The van der Waals surface area contributed by atoms with E-state index < -0.39 is 0 Å². The quantitative estimate of drug-likeness (QED) is 0.778. The third-order valence-corrected chi connectivity index (χ3v) is 3.23. The molecule has 0 saturated carbocycles. The summed E-state index contributed by atoms with van der Waals surface area (Å²) in [6.07, 6.45) is 2.45. The Balaban J connectivity index is 1.89. The zero-order valence-electron chi connectivity index (χ0n) is 10.8. The molecule has 3 rings (SSSR count). The van der Waals surface area contributed by atoms with Crippen molar-refractivity contribution in [2.45, 2.75) is 19.9 Å². The van der Waals surface area contributed by atoms with Gasteiger partial charge in [0, 0.05) is 12.2 Å². The maximum atomic E-state index is 12.3. The third kappa shape index (κ3) is 2.29. The minimum Gasteiger partial charge on any atom is -0.343 e. The van der Waals surface area contributed by atoms with Gasteiger partial charge in [-0.1, -0.05) is 30.3 Å². The Kier molecular flexibility index (Phi) is 2.91. The standard InChI is InChI=1S/C15H15N3O/c1-11-9-13-14(17-11)16-10-18(15(13)19)8-7-12-5-3-2-4-6-12/h2-6,9-10,17H,7-8H2,1H3. The predicted molar refractivity (Wildman–Crippen MR) is 75.2 cm³/mol. The van der Waals surface area contributed by atoms with Crippen LogP contribution in [0.4, 0.5) is 0 Å². The Labute approximate surface area is 110 Å². The summed E-state index contributed by atoms with van der Waals surface area (Å²) in [5.74, 6) is 0. The van der Waals surface area contributed by atoms with Crippen LogP contribution in [-0.4, -0.2) is 14.5 Å². The lowest BCUT2D eigenvalue weighted by molar-refractivity contribution is 0.662. The maximum absolute atomic E-state index is 12.3. The first-order valence-electron chi connectivity index (χ1n) is 6.33. The van der Waals surface area contributed by atoms with E-state index in [1.165, 1.54) is 5.56 Å². The molecule has 96 valence electrons. The third-order valence-electron chi connectivity index (χ3n) is 3.23. The van der Waals surface area contributed by atoms with Crippen molar-refractivity contribution in [3.8, 4) is 0 Å². The number of aryl methyl sites for hydroxylation is 3. The molecule has 4 nitrogen and oxygen atoms in total. The SMILES string of the molecule is Cc1cc2c(=O)n(CCc3ccccc3)cnc2[nH]1. The molecule has 0 unspecified atom stereocenters. The molecule has 0 aliphatic heterocycles. The van der Waals surface area contributed by atoms with Crippen molar-refractivity contribution in [1.82, 2.24) is 14.5 Å². The van der Waals surface area contributed by atoms with Crippen LogP contribution in [0.3, 0.4) is 0 Å². The van der Waals surface area contributed by atoms with Gasteiger partial charge in [-0.3, -0.25) is 9.36 Å². The van der Waals surface area contributed by atoms with Gasteiger partial charge in [0.15, 0.2) is 0 Å². The van der Waals surface area contributed by atoms with Crippen LogP contribution in [0.2, 0.25) is 0 Å². The van der Waals surface area contributed by atoms with Crippen molar-refractivity contribution in [2.75, 3.05) is 0 Å². The van der Waals surface area contributed by atoms with E-state index in [0.29, 0.717) is 17.6 Å². The number of benzene rings is 1. The van der Waals surface area contributed by atoms with E-state index in [0.717, 1.165) is 12.1 Å². The summed E-state index contributed by atoms with van der Waals surface area (Å²) in [7, 11) is 0. The van der Waals surface area contributed by atoms with Crippen LogP contribution >= 0.6 is 0 Å². The molecule has 1 aromatic carbocycles. The van der Waals surface area contributed by atoms with Crippen LogP contribution in [0.25, 0.3) is 11.0 Å². The number of hydrogen-bond donors (Lipinski definition) is 1. The largest absolute Gasteiger partial charge is 0.343 e. The number of fused-ring (bicyclic) bond motifs is 1. The average molecular weight is 253 g/mol. The minimum atomic E-state index is 0.0188. The first-order valence-corrected chi connectivity index (χ1v) is 6.33. The highest BCUT2D eigenvalue weighted by Crippen LogP contribution is 2.07. The first kappa shape index (κ1) is 11.7. The number of nitrogens with zero attached hydrogens (tertiary/aromatic N) is 2. The normalized spacial score (nSPS) is 11.0. The lowest BCUT2D eigenvalue weighted by Crippen LogP contribution is -2.21. The summed E-state index contributed by atoms with van der Waals surface area (Å²) in [5.41, 5.74) is 2.86. The first-order chi connectivity index (χ1) is 9.24. The minimum absolute atomic E-state index is 0.0188. The zero-order chi connectivity index (χ0) is 13.2. The maximum Gasteiger partial charge on any atom is 0.262 e.